The molecule has 0 radical (unpaired) electrons. The Morgan fingerprint density at radius 1 is 1.16 bits per heavy atom. The van der Waals surface area contributed by atoms with Gasteiger partial charge in [-0.25, -0.2) is 4.79 Å². The highest BCUT2D eigenvalue weighted by molar-refractivity contribution is 6.33. The first-order valence-electron chi connectivity index (χ1n) is 5.43. The van der Waals surface area contributed by atoms with E-state index in [1.54, 1.807) is 18.2 Å². The zero-order chi connectivity index (χ0) is 14.0. The number of methoxy groups -OCH3 is 1. The Labute approximate surface area is 114 Å². The molecule has 0 amide bonds. The number of carboxylic acids is 1. The Kier molecular flexibility index (Phi) is 3.62. The topological polar surface area (TPSA) is 66.8 Å². The smallest absolute Gasteiger partial charge is 0.335 e. The number of phenols is 1. The van der Waals surface area contributed by atoms with E-state index in [-0.39, 0.29) is 11.3 Å². The second-order valence-corrected chi connectivity index (χ2v) is 4.29. The maximum atomic E-state index is 10.8. The van der Waals surface area contributed by atoms with E-state index < -0.39 is 5.97 Å². The van der Waals surface area contributed by atoms with Crippen molar-refractivity contribution in [1.82, 2.24) is 0 Å². The molecule has 0 aliphatic heterocycles. The summed E-state index contributed by atoms with van der Waals surface area (Å²) in [5.41, 5.74) is 1.05. The van der Waals surface area contributed by atoms with Gasteiger partial charge in [0.15, 0.2) is 0 Å². The molecular weight excluding hydrogens is 268 g/mol. The maximum absolute atomic E-state index is 10.8. The molecule has 4 nitrogen and oxygen atoms in total. The van der Waals surface area contributed by atoms with Crippen molar-refractivity contribution in [2.24, 2.45) is 0 Å². The summed E-state index contributed by atoms with van der Waals surface area (Å²) in [4.78, 5) is 10.8. The van der Waals surface area contributed by atoms with Crippen molar-refractivity contribution in [3.8, 4) is 22.6 Å². The fraction of sp³-hybridized carbons (Fsp3) is 0.0714. The van der Waals surface area contributed by atoms with Crippen LogP contribution in [0.1, 0.15) is 10.4 Å². The average Bonchev–Trinajstić information content (AvgIpc) is 2.39. The number of halogens is 1. The number of hydrogen-bond donors (Lipinski definition) is 2. The van der Waals surface area contributed by atoms with Gasteiger partial charge in [-0.3, -0.25) is 0 Å². The molecule has 2 rings (SSSR count). The molecule has 0 unspecified atom stereocenters. The standard InChI is InChI=1S/C14H11ClO4/c1-19-9-3-5-12(15)11(7-9)10-4-2-8(14(17)18)6-13(10)16/h2-7,16H,1H3,(H,17,18). The molecule has 98 valence electrons. The third-order valence-electron chi connectivity index (χ3n) is 2.71. The highest BCUT2D eigenvalue weighted by Crippen LogP contribution is 2.36. The fourth-order valence-electron chi connectivity index (χ4n) is 1.73. The number of hydrogen-bond acceptors (Lipinski definition) is 3. The SMILES string of the molecule is COc1ccc(Cl)c(-c2ccc(C(=O)O)cc2O)c1. The average molecular weight is 279 g/mol. The highest BCUT2D eigenvalue weighted by atomic mass is 35.5. The van der Waals surface area contributed by atoms with Crippen molar-refractivity contribution >= 4 is 17.6 Å². The Morgan fingerprint density at radius 3 is 2.47 bits per heavy atom. The van der Waals surface area contributed by atoms with Gasteiger partial charge in [0.1, 0.15) is 11.5 Å². The van der Waals surface area contributed by atoms with Gasteiger partial charge in [0.05, 0.1) is 12.7 Å². The van der Waals surface area contributed by atoms with E-state index in [9.17, 15) is 9.90 Å². The van der Waals surface area contributed by atoms with Crippen molar-refractivity contribution < 1.29 is 19.7 Å². The molecule has 0 saturated heterocycles. The summed E-state index contributed by atoms with van der Waals surface area (Å²) in [6, 6.07) is 9.15. The van der Waals surface area contributed by atoms with Crippen molar-refractivity contribution in [3.63, 3.8) is 0 Å². The first-order chi connectivity index (χ1) is 9.02. The van der Waals surface area contributed by atoms with Crippen LogP contribution in [-0.2, 0) is 0 Å². The van der Waals surface area contributed by atoms with Gasteiger partial charge in [-0.05, 0) is 36.4 Å². The summed E-state index contributed by atoms with van der Waals surface area (Å²) in [6.07, 6.45) is 0. The van der Waals surface area contributed by atoms with E-state index >= 15 is 0 Å². The van der Waals surface area contributed by atoms with Crippen LogP contribution >= 0.6 is 11.6 Å². The molecule has 0 atom stereocenters. The van der Waals surface area contributed by atoms with Crippen LogP contribution in [0, 0.1) is 0 Å². The predicted octanol–water partition coefficient (Wildman–Crippen LogP) is 3.42. The van der Waals surface area contributed by atoms with Crippen LogP contribution in [-0.4, -0.2) is 23.3 Å². The molecule has 0 aliphatic rings. The lowest BCUT2D eigenvalue weighted by atomic mass is 10.0. The molecule has 2 aromatic rings. The number of aromatic hydroxyl groups is 1. The molecule has 0 aromatic heterocycles. The van der Waals surface area contributed by atoms with Crippen LogP contribution in [0.2, 0.25) is 5.02 Å². The first kappa shape index (κ1) is 13.2. The second kappa shape index (κ2) is 5.20. The molecule has 2 aromatic carbocycles. The van der Waals surface area contributed by atoms with Crippen LogP contribution in [0.15, 0.2) is 36.4 Å². The second-order valence-electron chi connectivity index (χ2n) is 3.88. The largest absolute Gasteiger partial charge is 0.507 e. The van der Waals surface area contributed by atoms with E-state index in [4.69, 9.17) is 21.4 Å². The third kappa shape index (κ3) is 2.63. The quantitative estimate of drug-likeness (QED) is 0.903. The molecule has 0 aliphatic carbocycles. The van der Waals surface area contributed by atoms with E-state index in [2.05, 4.69) is 0 Å². The summed E-state index contributed by atoms with van der Waals surface area (Å²) >= 11 is 6.08. The van der Waals surface area contributed by atoms with Gasteiger partial charge >= 0.3 is 5.97 Å². The lowest BCUT2D eigenvalue weighted by Gasteiger charge is -2.09. The van der Waals surface area contributed by atoms with Gasteiger partial charge in [0, 0.05) is 16.1 Å². The van der Waals surface area contributed by atoms with Crippen molar-refractivity contribution in [1.29, 1.82) is 0 Å². The minimum atomic E-state index is -1.10. The van der Waals surface area contributed by atoms with Gasteiger partial charge in [-0.2, -0.15) is 0 Å². The monoisotopic (exact) mass is 278 g/mol. The third-order valence-corrected chi connectivity index (χ3v) is 3.04. The van der Waals surface area contributed by atoms with E-state index in [0.717, 1.165) is 0 Å². The van der Waals surface area contributed by atoms with Gasteiger partial charge in [-0.1, -0.05) is 11.6 Å². The van der Waals surface area contributed by atoms with Gasteiger partial charge in [0.25, 0.3) is 0 Å². The molecule has 0 saturated carbocycles. The summed E-state index contributed by atoms with van der Waals surface area (Å²) in [6.45, 7) is 0. The van der Waals surface area contributed by atoms with Crippen molar-refractivity contribution in [2.75, 3.05) is 7.11 Å². The first-order valence-corrected chi connectivity index (χ1v) is 5.81. The Hall–Kier alpha value is -2.20. The van der Waals surface area contributed by atoms with E-state index in [1.165, 1.54) is 25.3 Å². The summed E-state index contributed by atoms with van der Waals surface area (Å²) in [5.74, 6) is -0.644. The molecule has 19 heavy (non-hydrogen) atoms. The summed E-state index contributed by atoms with van der Waals surface area (Å²) < 4.78 is 5.10. The van der Waals surface area contributed by atoms with Crippen LogP contribution in [0.4, 0.5) is 0 Å². The number of benzene rings is 2. The number of rotatable bonds is 3. The Balaban J connectivity index is 2.56. The molecule has 2 N–H and O–H groups in total. The number of ether oxygens (including phenoxy) is 1. The van der Waals surface area contributed by atoms with Crippen LogP contribution in [0.5, 0.6) is 11.5 Å². The van der Waals surface area contributed by atoms with E-state index in [1.807, 2.05) is 0 Å². The summed E-state index contributed by atoms with van der Waals surface area (Å²) in [7, 11) is 1.53. The molecule has 0 bridgehead atoms. The minimum Gasteiger partial charge on any atom is -0.507 e. The number of aromatic carboxylic acids is 1. The number of carboxylic acid groups (broad SMARTS) is 1. The molecule has 5 heteroatoms. The fourth-order valence-corrected chi connectivity index (χ4v) is 1.95. The van der Waals surface area contributed by atoms with Crippen LogP contribution < -0.4 is 4.74 Å². The van der Waals surface area contributed by atoms with Crippen LogP contribution in [0.3, 0.4) is 0 Å². The molecule has 0 spiro atoms. The number of carbonyl (C=O) groups is 1. The van der Waals surface area contributed by atoms with Crippen molar-refractivity contribution in [3.05, 3.63) is 47.0 Å². The minimum absolute atomic E-state index is 0.0141. The zero-order valence-corrected chi connectivity index (χ0v) is 10.8. The van der Waals surface area contributed by atoms with Gasteiger partial charge < -0.3 is 14.9 Å². The van der Waals surface area contributed by atoms with Gasteiger partial charge in [0.2, 0.25) is 0 Å². The lowest BCUT2D eigenvalue weighted by Crippen LogP contribution is -1.95. The van der Waals surface area contributed by atoms with Crippen molar-refractivity contribution in [2.45, 2.75) is 0 Å². The Morgan fingerprint density at radius 2 is 1.89 bits per heavy atom. The zero-order valence-electron chi connectivity index (χ0n) is 10.1. The molecule has 0 heterocycles. The maximum Gasteiger partial charge on any atom is 0.335 e. The Bertz CT molecular complexity index is 637. The van der Waals surface area contributed by atoms with Gasteiger partial charge in [-0.15, -0.1) is 0 Å². The highest BCUT2D eigenvalue weighted by Gasteiger charge is 2.12. The predicted molar refractivity (Wildman–Crippen MR) is 72.1 cm³/mol. The van der Waals surface area contributed by atoms with E-state index in [0.29, 0.717) is 21.9 Å². The summed E-state index contributed by atoms with van der Waals surface area (Å²) in [5, 5.41) is 19.2. The molecular formula is C14H11ClO4. The van der Waals surface area contributed by atoms with Crippen LogP contribution in [0.25, 0.3) is 11.1 Å². The lowest BCUT2D eigenvalue weighted by molar-refractivity contribution is 0.0696. The molecule has 0 fully saturated rings. The number of phenolic OH excluding ortho intramolecular Hbond substituents is 1. The normalized spacial score (nSPS) is 10.2.